The molecule has 0 spiro atoms. The van der Waals surface area contributed by atoms with Crippen LogP contribution in [-0.2, 0) is 12.8 Å². The summed E-state index contributed by atoms with van der Waals surface area (Å²) in [6.07, 6.45) is 3.71. The van der Waals surface area contributed by atoms with E-state index in [-0.39, 0.29) is 5.02 Å². The Hall–Kier alpha value is -3.15. The fourth-order valence-electron chi connectivity index (χ4n) is 3.81. The van der Waals surface area contributed by atoms with E-state index in [9.17, 15) is 9.50 Å². The van der Waals surface area contributed by atoms with Crippen LogP contribution in [0.3, 0.4) is 0 Å². The number of hydrogen-bond acceptors (Lipinski definition) is 4. The summed E-state index contributed by atoms with van der Waals surface area (Å²) in [5.74, 6) is -1.28. The zero-order valence-electron chi connectivity index (χ0n) is 19.0. The Morgan fingerprint density at radius 2 is 1.79 bits per heavy atom. The van der Waals surface area contributed by atoms with Crippen molar-refractivity contribution in [2.24, 2.45) is 0 Å². The number of aromatic nitrogens is 1. The summed E-state index contributed by atoms with van der Waals surface area (Å²) >= 11 is 6.01. The second-order valence-corrected chi connectivity index (χ2v) is 8.81. The van der Waals surface area contributed by atoms with E-state index in [4.69, 9.17) is 11.6 Å². The molecule has 0 amide bonds. The van der Waals surface area contributed by atoms with Crippen LogP contribution in [0.5, 0.6) is 5.75 Å². The summed E-state index contributed by atoms with van der Waals surface area (Å²) in [5, 5.41) is 14.2. The molecular weight excluding hydrogens is 437 g/mol. The Balaban J connectivity index is 1.73. The first-order valence-corrected chi connectivity index (χ1v) is 11.3. The molecule has 0 aliphatic rings. The molecule has 0 aliphatic heterocycles. The van der Waals surface area contributed by atoms with Crippen LogP contribution in [0.4, 0.5) is 15.8 Å². The van der Waals surface area contributed by atoms with E-state index in [1.54, 1.807) is 6.07 Å². The zero-order chi connectivity index (χ0) is 23.5. The molecule has 0 radical (unpaired) electrons. The van der Waals surface area contributed by atoms with Gasteiger partial charge in [-0.3, -0.25) is 4.98 Å². The van der Waals surface area contributed by atoms with Gasteiger partial charge in [0, 0.05) is 23.8 Å². The van der Waals surface area contributed by atoms with Gasteiger partial charge in [-0.05, 0) is 85.6 Å². The molecule has 0 saturated carbocycles. The summed E-state index contributed by atoms with van der Waals surface area (Å²) < 4.78 is 14.1. The minimum atomic E-state index is -0.745. The first-order chi connectivity index (χ1) is 15.9. The SMILES string of the molecule is CCc1cnc2ccc(-c3cc(F)c(O)c(Cl)c3)cc2c1Nc1ccc(CCN(C)C)cc1. The number of aryl methyl sites for hydroxylation is 1. The van der Waals surface area contributed by atoms with E-state index in [1.165, 1.54) is 11.6 Å². The van der Waals surface area contributed by atoms with Crippen molar-refractivity contribution in [3.8, 4) is 16.9 Å². The van der Waals surface area contributed by atoms with Gasteiger partial charge in [0.15, 0.2) is 11.6 Å². The molecule has 0 fully saturated rings. The third-order valence-corrected chi connectivity index (χ3v) is 6.04. The average molecular weight is 464 g/mol. The van der Waals surface area contributed by atoms with Gasteiger partial charge in [0.25, 0.3) is 0 Å². The number of rotatable bonds is 7. The normalized spacial score (nSPS) is 11.3. The maximum atomic E-state index is 14.1. The summed E-state index contributed by atoms with van der Waals surface area (Å²) in [6.45, 7) is 3.10. The van der Waals surface area contributed by atoms with Crippen LogP contribution in [0, 0.1) is 5.82 Å². The summed E-state index contributed by atoms with van der Waals surface area (Å²) in [6, 6.07) is 17.1. The van der Waals surface area contributed by atoms with Gasteiger partial charge >= 0.3 is 0 Å². The van der Waals surface area contributed by atoms with Gasteiger partial charge in [0.1, 0.15) is 0 Å². The van der Waals surface area contributed by atoms with Crippen LogP contribution in [0.25, 0.3) is 22.0 Å². The number of fused-ring (bicyclic) bond motifs is 1. The molecule has 2 N–H and O–H groups in total. The number of nitrogens with zero attached hydrogens (tertiary/aromatic N) is 2. The lowest BCUT2D eigenvalue weighted by Crippen LogP contribution is -2.14. The molecule has 4 rings (SSSR count). The van der Waals surface area contributed by atoms with E-state index in [0.717, 1.165) is 52.8 Å². The molecule has 0 atom stereocenters. The Labute approximate surface area is 198 Å². The average Bonchev–Trinajstić information content (AvgIpc) is 2.81. The van der Waals surface area contributed by atoms with Crippen molar-refractivity contribution in [1.82, 2.24) is 9.88 Å². The molecule has 0 unspecified atom stereocenters. The number of pyridine rings is 1. The number of phenolic OH excluding ortho intramolecular Hbond substituents is 1. The lowest BCUT2D eigenvalue weighted by Gasteiger charge is -2.16. The molecule has 3 aromatic carbocycles. The van der Waals surface area contributed by atoms with Gasteiger partial charge in [-0.15, -0.1) is 0 Å². The van der Waals surface area contributed by atoms with Crippen molar-refractivity contribution >= 4 is 33.9 Å². The van der Waals surface area contributed by atoms with Crippen LogP contribution in [0.15, 0.2) is 60.8 Å². The lowest BCUT2D eigenvalue weighted by atomic mass is 10.00. The minimum absolute atomic E-state index is 0.0155. The van der Waals surface area contributed by atoms with Gasteiger partial charge in [0.05, 0.1) is 16.2 Å². The highest BCUT2D eigenvalue weighted by Gasteiger charge is 2.13. The van der Waals surface area contributed by atoms with Crippen molar-refractivity contribution in [2.45, 2.75) is 19.8 Å². The molecule has 4 aromatic rings. The first kappa shape index (κ1) is 23.0. The quantitative estimate of drug-likeness (QED) is 0.316. The van der Waals surface area contributed by atoms with E-state index in [2.05, 4.69) is 60.5 Å². The Bertz CT molecular complexity index is 1270. The predicted molar refractivity (Wildman–Crippen MR) is 135 cm³/mol. The number of likely N-dealkylation sites (N-methyl/N-ethyl adjacent to an activating group) is 1. The van der Waals surface area contributed by atoms with E-state index in [1.807, 2.05) is 24.4 Å². The van der Waals surface area contributed by atoms with E-state index in [0.29, 0.717) is 5.56 Å². The number of phenols is 1. The second-order valence-electron chi connectivity index (χ2n) is 8.41. The topological polar surface area (TPSA) is 48.4 Å². The molecule has 170 valence electrons. The van der Waals surface area contributed by atoms with Crippen molar-refractivity contribution in [2.75, 3.05) is 26.0 Å². The number of anilines is 2. The molecule has 0 aliphatic carbocycles. The lowest BCUT2D eigenvalue weighted by molar-refractivity contribution is 0.413. The van der Waals surface area contributed by atoms with Crippen LogP contribution < -0.4 is 5.32 Å². The summed E-state index contributed by atoms with van der Waals surface area (Å²) in [4.78, 5) is 6.78. The van der Waals surface area contributed by atoms with Crippen LogP contribution in [-0.4, -0.2) is 35.6 Å². The maximum Gasteiger partial charge on any atom is 0.170 e. The Morgan fingerprint density at radius 3 is 2.45 bits per heavy atom. The molecule has 0 saturated heterocycles. The van der Waals surface area contributed by atoms with E-state index < -0.39 is 11.6 Å². The van der Waals surface area contributed by atoms with Crippen LogP contribution in [0.2, 0.25) is 5.02 Å². The maximum absolute atomic E-state index is 14.1. The van der Waals surface area contributed by atoms with Crippen molar-refractivity contribution in [3.63, 3.8) is 0 Å². The van der Waals surface area contributed by atoms with Crippen molar-refractivity contribution < 1.29 is 9.50 Å². The van der Waals surface area contributed by atoms with Gasteiger partial charge in [-0.1, -0.05) is 36.7 Å². The Morgan fingerprint density at radius 1 is 1.03 bits per heavy atom. The standard InChI is InChI=1S/C27H27ClFN3O/c1-4-18-16-30-25-10-7-19(20-14-23(28)27(33)24(29)15-20)13-22(25)26(18)31-21-8-5-17(6-9-21)11-12-32(2)3/h5-10,13-16,33H,4,11-12H2,1-3H3,(H,30,31). The molecule has 1 aromatic heterocycles. The highest BCUT2D eigenvalue weighted by Crippen LogP contribution is 2.36. The van der Waals surface area contributed by atoms with E-state index >= 15 is 0 Å². The zero-order valence-corrected chi connectivity index (χ0v) is 19.7. The molecule has 6 heteroatoms. The molecule has 1 heterocycles. The predicted octanol–water partition coefficient (Wildman–Crippen LogP) is 6.81. The number of benzene rings is 3. The number of hydrogen-bond donors (Lipinski definition) is 2. The fraction of sp³-hybridized carbons (Fsp3) is 0.222. The molecule has 0 bridgehead atoms. The number of halogens is 2. The third-order valence-electron chi connectivity index (χ3n) is 5.75. The molecular formula is C27H27ClFN3O. The van der Waals surface area contributed by atoms with Gasteiger partial charge in [0.2, 0.25) is 0 Å². The number of aromatic hydroxyl groups is 1. The van der Waals surface area contributed by atoms with Crippen molar-refractivity contribution in [1.29, 1.82) is 0 Å². The smallest absolute Gasteiger partial charge is 0.170 e. The van der Waals surface area contributed by atoms with Crippen molar-refractivity contribution in [3.05, 3.63) is 82.8 Å². The van der Waals surface area contributed by atoms with Gasteiger partial charge in [-0.25, -0.2) is 4.39 Å². The third kappa shape index (κ3) is 5.10. The van der Waals surface area contributed by atoms with Gasteiger partial charge in [-0.2, -0.15) is 0 Å². The second kappa shape index (κ2) is 9.77. The van der Waals surface area contributed by atoms with Crippen LogP contribution in [0.1, 0.15) is 18.1 Å². The number of nitrogens with one attached hydrogen (secondary N) is 1. The molecule has 4 nitrogen and oxygen atoms in total. The highest BCUT2D eigenvalue weighted by molar-refractivity contribution is 6.32. The summed E-state index contributed by atoms with van der Waals surface area (Å²) in [5.41, 5.74) is 6.58. The largest absolute Gasteiger partial charge is 0.504 e. The first-order valence-electron chi connectivity index (χ1n) is 11.0. The minimum Gasteiger partial charge on any atom is -0.504 e. The Kier molecular flexibility index (Phi) is 6.82. The summed E-state index contributed by atoms with van der Waals surface area (Å²) in [7, 11) is 4.15. The van der Waals surface area contributed by atoms with Crippen LogP contribution >= 0.6 is 11.6 Å². The highest BCUT2D eigenvalue weighted by atomic mass is 35.5. The molecule has 33 heavy (non-hydrogen) atoms. The van der Waals surface area contributed by atoms with Gasteiger partial charge < -0.3 is 15.3 Å². The fourth-order valence-corrected chi connectivity index (χ4v) is 4.02. The monoisotopic (exact) mass is 463 g/mol.